The minimum atomic E-state index is -0.499. The van der Waals surface area contributed by atoms with Gasteiger partial charge < -0.3 is 11.1 Å². The number of carbonyl (C=O) groups excluding carboxylic acids is 1. The molecule has 0 bridgehead atoms. The van der Waals surface area contributed by atoms with Crippen LogP contribution in [0.3, 0.4) is 0 Å². The Morgan fingerprint density at radius 2 is 2.27 bits per heavy atom. The molecule has 0 saturated heterocycles. The molecule has 1 aliphatic rings. The highest BCUT2D eigenvalue weighted by Crippen LogP contribution is 2.38. The SMILES string of the molecule is CC#Cc1cnc(C(=O)Nc2ccnc([C@]3(C)C[C@@H](C)SC(N)=N3)c2)s1. The molecule has 0 saturated carbocycles. The summed E-state index contributed by atoms with van der Waals surface area (Å²) < 4.78 is 0. The molecule has 1 aliphatic heterocycles. The van der Waals surface area contributed by atoms with Gasteiger partial charge in [-0.05, 0) is 32.4 Å². The number of thiazole rings is 1. The first-order valence-corrected chi connectivity index (χ1v) is 9.78. The van der Waals surface area contributed by atoms with E-state index in [0.717, 1.165) is 17.0 Å². The zero-order valence-electron chi connectivity index (χ0n) is 14.7. The summed E-state index contributed by atoms with van der Waals surface area (Å²) in [5.74, 6) is 5.43. The van der Waals surface area contributed by atoms with Crippen LogP contribution < -0.4 is 11.1 Å². The van der Waals surface area contributed by atoms with Gasteiger partial charge in [0.15, 0.2) is 10.2 Å². The molecule has 8 heteroatoms. The molecular formula is C18H19N5OS2. The molecule has 1 amide bonds. The minimum Gasteiger partial charge on any atom is -0.379 e. The lowest BCUT2D eigenvalue weighted by atomic mass is 9.91. The molecule has 3 heterocycles. The molecule has 134 valence electrons. The second kappa shape index (κ2) is 7.48. The molecule has 0 radical (unpaired) electrons. The lowest BCUT2D eigenvalue weighted by Gasteiger charge is -2.32. The second-order valence-corrected chi connectivity index (χ2v) is 8.63. The maximum absolute atomic E-state index is 12.4. The quantitative estimate of drug-likeness (QED) is 0.791. The van der Waals surface area contributed by atoms with Crippen molar-refractivity contribution >= 4 is 39.9 Å². The smallest absolute Gasteiger partial charge is 0.284 e. The fraction of sp³-hybridized carbons (Fsp3) is 0.333. The number of rotatable bonds is 3. The fourth-order valence-corrected chi connectivity index (χ4v) is 4.62. The van der Waals surface area contributed by atoms with Crippen LogP contribution in [0.5, 0.6) is 0 Å². The molecule has 2 aromatic rings. The van der Waals surface area contributed by atoms with Crippen molar-refractivity contribution in [3.05, 3.63) is 40.1 Å². The van der Waals surface area contributed by atoms with Gasteiger partial charge in [0.2, 0.25) is 0 Å². The molecule has 2 atom stereocenters. The van der Waals surface area contributed by atoms with Crippen molar-refractivity contribution in [3.8, 4) is 11.8 Å². The predicted molar refractivity (Wildman–Crippen MR) is 108 cm³/mol. The third-order valence-corrected chi connectivity index (χ3v) is 5.69. The number of thioether (sulfide) groups is 1. The van der Waals surface area contributed by atoms with Gasteiger partial charge >= 0.3 is 0 Å². The Labute approximate surface area is 160 Å². The van der Waals surface area contributed by atoms with Crippen LogP contribution in [0, 0.1) is 11.8 Å². The summed E-state index contributed by atoms with van der Waals surface area (Å²) in [6.45, 7) is 5.88. The summed E-state index contributed by atoms with van der Waals surface area (Å²) in [6, 6.07) is 3.59. The van der Waals surface area contributed by atoms with Gasteiger partial charge in [0.25, 0.3) is 5.91 Å². The number of amides is 1. The molecule has 0 fully saturated rings. The second-order valence-electron chi connectivity index (χ2n) is 6.15. The van der Waals surface area contributed by atoms with Gasteiger partial charge in [0.1, 0.15) is 5.54 Å². The van der Waals surface area contributed by atoms with Crippen LogP contribution in [0.2, 0.25) is 0 Å². The molecular weight excluding hydrogens is 366 g/mol. The molecule has 3 N–H and O–H groups in total. The number of nitrogens with one attached hydrogen (secondary N) is 1. The monoisotopic (exact) mass is 385 g/mol. The summed E-state index contributed by atoms with van der Waals surface area (Å²) in [7, 11) is 0. The van der Waals surface area contributed by atoms with E-state index in [9.17, 15) is 4.79 Å². The number of aliphatic imine (C=N–C) groups is 1. The van der Waals surface area contributed by atoms with E-state index in [1.807, 2.05) is 13.0 Å². The van der Waals surface area contributed by atoms with Crippen molar-refractivity contribution < 1.29 is 4.79 Å². The third kappa shape index (κ3) is 4.06. The highest BCUT2D eigenvalue weighted by molar-refractivity contribution is 8.14. The number of hydrogen-bond acceptors (Lipinski definition) is 7. The molecule has 0 spiro atoms. The highest BCUT2D eigenvalue weighted by atomic mass is 32.2. The van der Waals surface area contributed by atoms with Crippen molar-refractivity contribution in [3.63, 3.8) is 0 Å². The topological polar surface area (TPSA) is 93.3 Å². The summed E-state index contributed by atoms with van der Waals surface area (Å²) >= 11 is 2.83. The van der Waals surface area contributed by atoms with Crippen LogP contribution in [-0.2, 0) is 5.54 Å². The molecule has 0 aliphatic carbocycles. The molecule has 0 aromatic carbocycles. The van der Waals surface area contributed by atoms with Gasteiger partial charge in [-0.1, -0.05) is 24.6 Å². The molecule has 26 heavy (non-hydrogen) atoms. The zero-order chi connectivity index (χ0) is 18.7. The van der Waals surface area contributed by atoms with Gasteiger partial charge in [-0.2, -0.15) is 0 Å². The number of anilines is 1. The van der Waals surface area contributed by atoms with Crippen LogP contribution in [0.1, 0.15) is 47.6 Å². The van der Waals surface area contributed by atoms with Crippen LogP contribution >= 0.6 is 23.1 Å². The number of amidine groups is 1. The first-order valence-electron chi connectivity index (χ1n) is 8.08. The summed E-state index contributed by atoms with van der Waals surface area (Å²) in [5.41, 5.74) is 6.89. The van der Waals surface area contributed by atoms with Gasteiger partial charge in [0, 0.05) is 17.1 Å². The Balaban J connectivity index is 1.81. The van der Waals surface area contributed by atoms with Crippen LogP contribution in [0.25, 0.3) is 0 Å². The van der Waals surface area contributed by atoms with Gasteiger partial charge in [0.05, 0.1) is 16.8 Å². The average molecular weight is 386 g/mol. The largest absolute Gasteiger partial charge is 0.379 e. The fourth-order valence-electron chi connectivity index (χ4n) is 2.83. The van der Waals surface area contributed by atoms with Crippen molar-refractivity contribution in [1.29, 1.82) is 0 Å². The number of aromatic nitrogens is 2. The Hall–Kier alpha value is -2.37. The predicted octanol–water partition coefficient (Wildman–Crippen LogP) is 3.22. The van der Waals surface area contributed by atoms with E-state index in [0.29, 0.717) is 21.1 Å². The normalized spacial score (nSPS) is 22.1. The number of nitrogens with zero attached hydrogens (tertiary/aromatic N) is 3. The van der Waals surface area contributed by atoms with Crippen molar-refractivity contribution in [1.82, 2.24) is 9.97 Å². The summed E-state index contributed by atoms with van der Waals surface area (Å²) in [4.78, 5) is 26.4. The van der Waals surface area contributed by atoms with Gasteiger partial charge in [-0.25, -0.2) is 9.98 Å². The number of nitrogens with two attached hydrogens (primary N) is 1. The molecule has 6 nitrogen and oxygen atoms in total. The maximum Gasteiger partial charge on any atom is 0.284 e. The van der Waals surface area contributed by atoms with Crippen molar-refractivity contribution in [2.75, 3.05) is 5.32 Å². The first kappa shape index (κ1) is 18.4. The van der Waals surface area contributed by atoms with Crippen LogP contribution in [0.15, 0.2) is 29.5 Å². The van der Waals surface area contributed by atoms with E-state index in [1.165, 1.54) is 11.3 Å². The van der Waals surface area contributed by atoms with Crippen LogP contribution in [0.4, 0.5) is 5.69 Å². The van der Waals surface area contributed by atoms with E-state index >= 15 is 0 Å². The van der Waals surface area contributed by atoms with Crippen LogP contribution in [-0.4, -0.2) is 26.3 Å². The van der Waals surface area contributed by atoms with E-state index in [1.54, 1.807) is 37.1 Å². The van der Waals surface area contributed by atoms with E-state index in [-0.39, 0.29) is 5.91 Å². The number of hydrogen-bond donors (Lipinski definition) is 2. The Morgan fingerprint density at radius 3 is 3.00 bits per heavy atom. The minimum absolute atomic E-state index is 0.267. The standard InChI is InChI=1S/C18H19N5OS2/c1-4-5-13-10-21-16(26-13)15(24)22-12-6-7-20-14(8-12)18(3)9-11(2)25-17(19)23-18/h6-8,10-11H,9H2,1-3H3,(H2,19,23)(H,20,22,24)/t11-,18+/m1/s1. The third-order valence-electron chi connectivity index (χ3n) is 3.88. The molecule has 0 unspecified atom stereocenters. The zero-order valence-corrected chi connectivity index (χ0v) is 16.4. The molecule has 2 aromatic heterocycles. The number of carbonyl (C=O) groups is 1. The Morgan fingerprint density at radius 1 is 1.46 bits per heavy atom. The lowest BCUT2D eigenvalue weighted by Crippen LogP contribution is -2.33. The molecule has 3 rings (SSSR count). The summed E-state index contributed by atoms with van der Waals surface area (Å²) in [6.07, 6.45) is 4.10. The average Bonchev–Trinajstić information content (AvgIpc) is 3.03. The lowest BCUT2D eigenvalue weighted by molar-refractivity contribution is 0.102. The number of pyridine rings is 1. The Kier molecular flexibility index (Phi) is 5.30. The maximum atomic E-state index is 12.4. The summed E-state index contributed by atoms with van der Waals surface area (Å²) in [5, 5.41) is 4.16. The first-order chi connectivity index (χ1) is 12.4. The van der Waals surface area contributed by atoms with Crippen molar-refractivity contribution in [2.45, 2.75) is 38.0 Å². The van der Waals surface area contributed by atoms with E-state index < -0.39 is 5.54 Å². The van der Waals surface area contributed by atoms with Gasteiger partial charge in [-0.3, -0.25) is 9.78 Å². The highest BCUT2D eigenvalue weighted by Gasteiger charge is 2.34. The van der Waals surface area contributed by atoms with Gasteiger partial charge in [-0.15, -0.1) is 17.3 Å². The Bertz CT molecular complexity index is 927. The van der Waals surface area contributed by atoms with Crippen molar-refractivity contribution in [2.24, 2.45) is 10.7 Å². The van der Waals surface area contributed by atoms with E-state index in [4.69, 9.17) is 5.73 Å². The van der Waals surface area contributed by atoms with E-state index in [2.05, 4.69) is 39.0 Å².